The van der Waals surface area contributed by atoms with Crippen molar-refractivity contribution in [2.45, 2.75) is 38.4 Å². The van der Waals surface area contributed by atoms with E-state index in [0.717, 1.165) is 21.9 Å². The molecule has 1 N–H and O–H groups in total. The van der Waals surface area contributed by atoms with Gasteiger partial charge in [0.1, 0.15) is 18.9 Å². The normalized spacial score (nSPS) is 20.0. The van der Waals surface area contributed by atoms with Gasteiger partial charge in [-0.15, -0.1) is 0 Å². The summed E-state index contributed by atoms with van der Waals surface area (Å²) in [6, 6.07) is 16.5. The molecule has 1 aliphatic rings. The third-order valence-electron chi connectivity index (χ3n) is 5.35. The number of ether oxygens (including phenoxy) is 3. The first kappa shape index (κ1) is 22.6. The summed E-state index contributed by atoms with van der Waals surface area (Å²) < 4.78 is 32.1. The van der Waals surface area contributed by atoms with Gasteiger partial charge in [-0.3, -0.25) is 14.3 Å². The maximum atomic E-state index is 13.8. The molecule has 4 rings (SSSR count). The Hall–Kier alpha value is -3.56. The smallest absolute Gasteiger partial charge is 0.338 e. The molecule has 9 heteroatoms. The predicted octanol–water partition coefficient (Wildman–Crippen LogP) is 2.71. The zero-order valence-corrected chi connectivity index (χ0v) is 17.9. The Morgan fingerprint density at radius 2 is 1.97 bits per heavy atom. The number of esters is 1. The molecule has 0 amide bonds. The highest BCUT2D eigenvalue weighted by molar-refractivity contribution is 5.89. The number of benzene rings is 2. The van der Waals surface area contributed by atoms with Gasteiger partial charge >= 0.3 is 11.7 Å². The van der Waals surface area contributed by atoms with Gasteiger partial charge in [-0.1, -0.05) is 48.0 Å². The van der Waals surface area contributed by atoms with Crippen LogP contribution in [0.4, 0.5) is 4.39 Å². The third-order valence-corrected chi connectivity index (χ3v) is 5.35. The summed E-state index contributed by atoms with van der Waals surface area (Å²) in [5.74, 6) is -1.62. The van der Waals surface area contributed by atoms with E-state index in [9.17, 15) is 18.8 Å². The van der Waals surface area contributed by atoms with Gasteiger partial charge in [0, 0.05) is 6.42 Å². The summed E-state index contributed by atoms with van der Waals surface area (Å²) >= 11 is 0. The van der Waals surface area contributed by atoms with E-state index >= 15 is 0 Å². The van der Waals surface area contributed by atoms with Crippen molar-refractivity contribution in [2.75, 3.05) is 6.61 Å². The van der Waals surface area contributed by atoms with E-state index in [1.807, 2.05) is 48.3 Å². The summed E-state index contributed by atoms with van der Waals surface area (Å²) in [5, 5.41) is 0. The second kappa shape index (κ2) is 9.93. The standard InChI is InChI=1S/C24H23FN2O6/c1-15-6-5-9-17(10-15)23(29)32-14-20-19(31-13-16-7-3-2-4-8-16)11-21(33-20)27-12-18(25)22(28)26-24(27)30/h2-10,12,19-21H,11,13-14H2,1H3,(H,26,28,30)/t19?,20-,21-/m0/s1. The molecule has 0 radical (unpaired) electrons. The van der Waals surface area contributed by atoms with E-state index in [1.165, 1.54) is 0 Å². The van der Waals surface area contributed by atoms with E-state index in [4.69, 9.17) is 14.2 Å². The van der Waals surface area contributed by atoms with Crippen LogP contribution in [0.25, 0.3) is 0 Å². The molecular weight excluding hydrogens is 431 g/mol. The van der Waals surface area contributed by atoms with Gasteiger partial charge < -0.3 is 14.2 Å². The number of rotatable bonds is 7. The number of nitrogens with one attached hydrogen (secondary N) is 1. The lowest BCUT2D eigenvalue weighted by atomic mass is 10.1. The summed E-state index contributed by atoms with van der Waals surface area (Å²) in [5.41, 5.74) is 0.361. The minimum atomic E-state index is -1.10. The number of aromatic nitrogens is 2. The quantitative estimate of drug-likeness (QED) is 0.551. The van der Waals surface area contributed by atoms with Crippen molar-refractivity contribution in [3.63, 3.8) is 0 Å². The van der Waals surface area contributed by atoms with E-state index in [2.05, 4.69) is 0 Å². The van der Waals surface area contributed by atoms with Crippen LogP contribution in [-0.2, 0) is 20.8 Å². The number of hydrogen-bond donors (Lipinski definition) is 1. The maximum absolute atomic E-state index is 13.8. The molecule has 1 fully saturated rings. The van der Waals surface area contributed by atoms with Crippen LogP contribution in [0.1, 0.15) is 34.1 Å². The Bertz CT molecular complexity index is 1240. The molecule has 0 aliphatic carbocycles. The summed E-state index contributed by atoms with van der Waals surface area (Å²) in [6.07, 6.45) is -1.13. The van der Waals surface area contributed by atoms with Crippen LogP contribution < -0.4 is 11.2 Å². The third kappa shape index (κ3) is 5.44. The Morgan fingerprint density at radius 1 is 1.18 bits per heavy atom. The van der Waals surface area contributed by atoms with Crippen LogP contribution in [0, 0.1) is 12.7 Å². The number of H-pyrrole nitrogens is 1. The zero-order valence-electron chi connectivity index (χ0n) is 17.9. The van der Waals surface area contributed by atoms with Crippen LogP contribution >= 0.6 is 0 Å². The highest BCUT2D eigenvalue weighted by Crippen LogP contribution is 2.31. The van der Waals surface area contributed by atoms with Crippen molar-refractivity contribution < 1.29 is 23.4 Å². The van der Waals surface area contributed by atoms with E-state index in [-0.39, 0.29) is 19.6 Å². The summed E-state index contributed by atoms with van der Waals surface area (Å²) in [7, 11) is 0. The van der Waals surface area contributed by atoms with E-state index in [1.54, 1.807) is 18.2 Å². The molecular formula is C24H23FN2O6. The minimum absolute atomic E-state index is 0.122. The van der Waals surface area contributed by atoms with Crippen LogP contribution in [0.2, 0.25) is 0 Å². The first-order valence-electron chi connectivity index (χ1n) is 10.5. The number of carbonyl (C=O) groups excluding carboxylic acids is 1. The second-order valence-electron chi connectivity index (χ2n) is 7.81. The highest BCUT2D eigenvalue weighted by atomic mass is 19.1. The summed E-state index contributed by atoms with van der Waals surface area (Å²) in [6.45, 7) is 2.03. The number of nitrogens with zero attached hydrogens (tertiary/aromatic N) is 1. The first-order valence-corrected chi connectivity index (χ1v) is 10.5. The van der Waals surface area contributed by atoms with Crippen molar-refractivity contribution >= 4 is 5.97 Å². The van der Waals surface area contributed by atoms with Crippen LogP contribution in [-0.4, -0.2) is 34.3 Å². The molecule has 0 bridgehead atoms. The van der Waals surface area contributed by atoms with Gasteiger partial charge in [-0.25, -0.2) is 9.59 Å². The lowest BCUT2D eigenvalue weighted by molar-refractivity contribution is -0.0709. The molecule has 3 aromatic rings. The Balaban J connectivity index is 1.50. The Labute approximate surface area is 188 Å². The number of aryl methyl sites for hydroxylation is 1. The molecule has 2 aromatic carbocycles. The summed E-state index contributed by atoms with van der Waals surface area (Å²) in [4.78, 5) is 37.9. The molecule has 8 nitrogen and oxygen atoms in total. The number of hydrogen-bond acceptors (Lipinski definition) is 6. The molecule has 1 saturated heterocycles. The van der Waals surface area contributed by atoms with Crippen molar-refractivity contribution in [3.05, 3.63) is 104 Å². The average Bonchev–Trinajstić information content (AvgIpc) is 3.22. The van der Waals surface area contributed by atoms with Gasteiger partial charge in [0.15, 0.2) is 0 Å². The molecule has 3 atom stereocenters. The Morgan fingerprint density at radius 3 is 2.73 bits per heavy atom. The lowest BCUT2D eigenvalue weighted by Crippen LogP contribution is -2.34. The topological polar surface area (TPSA) is 99.6 Å². The molecule has 0 spiro atoms. The van der Waals surface area contributed by atoms with Crippen molar-refractivity contribution in [1.29, 1.82) is 0 Å². The van der Waals surface area contributed by atoms with Gasteiger partial charge in [0.05, 0.1) is 24.5 Å². The first-order chi connectivity index (χ1) is 15.9. The van der Waals surface area contributed by atoms with Crippen LogP contribution in [0.5, 0.6) is 0 Å². The Kier molecular flexibility index (Phi) is 6.81. The fraction of sp³-hybridized carbons (Fsp3) is 0.292. The second-order valence-corrected chi connectivity index (χ2v) is 7.81. The molecule has 33 heavy (non-hydrogen) atoms. The molecule has 2 heterocycles. The van der Waals surface area contributed by atoms with Gasteiger partial charge in [0.25, 0.3) is 5.56 Å². The largest absolute Gasteiger partial charge is 0.459 e. The van der Waals surface area contributed by atoms with Gasteiger partial charge in [-0.2, -0.15) is 4.39 Å². The number of carbonyl (C=O) groups is 1. The minimum Gasteiger partial charge on any atom is -0.459 e. The fourth-order valence-corrected chi connectivity index (χ4v) is 3.66. The zero-order chi connectivity index (χ0) is 23.4. The molecule has 1 unspecified atom stereocenters. The van der Waals surface area contributed by atoms with Crippen molar-refractivity contribution in [1.82, 2.24) is 9.55 Å². The molecule has 0 saturated carbocycles. The van der Waals surface area contributed by atoms with Gasteiger partial charge in [-0.05, 0) is 24.6 Å². The maximum Gasteiger partial charge on any atom is 0.338 e. The van der Waals surface area contributed by atoms with Crippen LogP contribution in [0.3, 0.4) is 0 Å². The van der Waals surface area contributed by atoms with Crippen LogP contribution in [0.15, 0.2) is 70.4 Å². The molecule has 1 aromatic heterocycles. The molecule has 172 valence electrons. The van der Waals surface area contributed by atoms with E-state index in [0.29, 0.717) is 5.56 Å². The van der Waals surface area contributed by atoms with Crippen molar-refractivity contribution in [2.24, 2.45) is 0 Å². The van der Waals surface area contributed by atoms with Gasteiger partial charge in [0.2, 0.25) is 5.82 Å². The average molecular weight is 454 g/mol. The highest BCUT2D eigenvalue weighted by Gasteiger charge is 2.38. The number of halogens is 1. The fourth-order valence-electron chi connectivity index (χ4n) is 3.66. The number of aromatic amines is 1. The lowest BCUT2D eigenvalue weighted by Gasteiger charge is -2.19. The van der Waals surface area contributed by atoms with Crippen molar-refractivity contribution in [3.8, 4) is 0 Å². The van der Waals surface area contributed by atoms with E-state index < -0.39 is 41.5 Å². The molecule has 1 aliphatic heterocycles. The monoisotopic (exact) mass is 454 g/mol. The predicted molar refractivity (Wildman–Crippen MR) is 116 cm³/mol. The SMILES string of the molecule is Cc1cccc(C(=O)OC[C@@H]2O[C@H](n3cc(F)c(=O)[nH]c3=O)CC2OCc2ccccc2)c1.